The van der Waals surface area contributed by atoms with Gasteiger partial charge in [0.15, 0.2) is 0 Å². The van der Waals surface area contributed by atoms with Crippen LogP contribution >= 0.6 is 11.6 Å². The third-order valence-corrected chi connectivity index (χ3v) is 15.0. The van der Waals surface area contributed by atoms with Crippen molar-refractivity contribution in [3.63, 3.8) is 0 Å². The minimum Gasteiger partial charge on any atom is -0.403 e. The number of carbonyl (C=O) groups is 8. The van der Waals surface area contributed by atoms with E-state index in [0.717, 1.165) is 19.6 Å². The van der Waals surface area contributed by atoms with Gasteiger partial charge in [-0.2, -0.15) is 9.80 Å². The average molecular weight is 1070 g/mol. The zero-order valence-electron chi connectivity index (χ0n) is 40.6. The Kier molecular flexibility index (Phi) is 9.69. The monoisotopic (exact) mass is 1070 g/mol. The fourth-order valence-electron chi connectivity index (χ4n) is 10.9. The van der Waals surface area contributed by atoms with E-state index < -0.39 is 47.3 Å². The molecule has 4 aliphatic heterocycles. The Morgan fingerprint density at radius 2 is 0.775 bits per heavy atom. The van der Waals surface area contributed by atoms with Crippen LogP contribution in [-0.2, 0) is 0 Å². The summed E-state index contributed by atoms with van der Waals surface area (Å²) in [7, 11) is 0. The van der Waals surface area contributed by atoms with Gasteiger partial charge in [0.25, 0.3) is 53.1 Å². The fourth-order valence-corrected chi connectivity index (χ4v) is 11.1. The number of rotatable bonds is 8. The van der Waals surface area contributed by atoms with Crippen LogP contribution in [0.25, 0.3) is 67.0 Å². The van der Waals surface area contributed by atoms with E-state index in [1.165, 1.54) is 36.4 Å². The summed E-state index contributed by atoms with van der Waals surface area (Å²) >= 11 is 6.31. The molecule has 0 atom stereocenters. The molecular weight excluding hydrogens is 1040 g/mol. The van der Waals surface area contributed by atoms with Crippen molar-refractivity contribution in [3.05, 3.63) is 213 Å². The summed E-state index contributed by atoms with van der Waals surface area (Å²) in [6.07, 6.45) is 0. The van der Waals surface area contributed by atoms with Crippen LogP contribution in [-0.4, -0.2) is 72.6 Å². The summed E-state index contributed by atoms with van der Waals surface area (Å²) in [5.41, 5.74) is 4.87. The van der Waals surface area contributed by atoms with E-state index >= 15 is 0 Å². The Bertz CT molecular complexity index is 4730. The van der Waals surface area contributed by atoms with Crippen molar-refractivity contribution in [2.24, 2.45) is 0 Å². The highest BCUT2D eigenvalue weighted by Gasteiger charge is 2.45. The topological polar surface area (TPSA) is 243 Å². The van der Waals surface area contributed by atoms with Gasteiger partial charge in [0.2, 0.25) is 5.89 Å². The number of aromatic nitrogens is 5. The predicted octanol–water partition coefficient (Wildman–Crippen LogP) is 10.6. The molecule has 7 heterocycles. The maximum absolute atomic E-state index is 14.6. The highest BCUT2D eigenvalue weighted by Crippen LogP contribution is 2.43. The highest BCUT2D eigenvalue weighted by atomic mass is 35.5. The van der Waals surface area contributed by atoms with Crippen molar-refractivity contribution in [2.75, 3.05) is 19.6 Å². The van der Waals surface area contributed by atoms with Gasteiger partial charge in [-0.1, -0.05) is 88.5 Å². The van der Waals surface area contributed by atoms with Crippen molar-refractivity contribution < 1.29 is 47.2 Å². The number of anilines is 4. The van der Waals surface area contributed by atoms with Crippen LogP contribution in [0.4, 0.5) is 23.4 Å². The second-order valence-electron chi connectivity index (χ2n) is 19.0. The molecule has 80 heavy (non-hydrogen) atoms. The smallest absolute Gasteiger partial charge is 0.332 e. The lowest BCUT2D eigenvalue weighted by molar-refractivity contribution is 0.0902. The van der Waals surface area contributed by atoms with E-state index in [4.69, 9.17) is 20.4 Å². The van der Waals surface area contributed by atoms with Gasteiger partial charge < -0.3 is 13.8 Å². The van der Waals surface area contributed by atoms with Gasteiger partial charge in [-0.15, -0.1) is 10.2 Å². The summed E-state index contributed by atoms with van der Waals surface area (Å²) in [5, 5.41) is 17.5. The van der Waals surface area contributed by atoms with E-state index in [9.17, 15) is 38.4 Å². The number of H-pyrrole nitrogens is 1. The molecule has 0 unspecified atom stereocenters. The first kappa shape index (κ1) is 46.0. The van der Waals surface area contributed by atoms with E-state index in [2.05, 4.69) is 25.4 Å². The number of hydrogen-bond donors (Lipinski definition) is 1. The van der Waals surface area contributed by atoms with Gasteiger partial charge in [-0.05, 0) is 119 Å². The van der Waals surface area contributed by atoms with Crippen molar-refractivity contribution in [2.45, 2.75) is 0 Å². The molecule has 8 aromatic carbocycles. The molecule has 0 spiro atoms. The first-order valence-corrected chi connectivity index (χ1v) is 24.9. The molecule has 11 aromatic rings. The predicted molar refractivity (Wildman–Crippen MR) is 289 cm³/mol. The molecule has 15 rings (SSSR count). The van der Waals surface area contributed by atoms with Crippen LogP contribution in [0.15, 0.2) is 173 Å². The van der Waals surface area contributed by atoms with Crippen molar-refractivity contribution >= 4 is 104 Å². The summed E-state index contributed by atoms with van der Waals surface area (Å²) in [5.74, 6) is -5.12. The lowest BCUT2D eigenvalue weighted by Gasteiger charge is -2.15. The van der Waals surface area contributed by atoms with Gasteiger partial charge in [0.05, 0.1) is 66.5 Å². The van der Waals surface area contributed by atoms with Crippen molar-refractivity contribution in [1.29, 1.82) is 0 Å². The Morgan fingerprint density at radius 1 is 0.338 bits per heavy atom. The normalized spacial score (nSPS) is 14.7. The molecular formula is C60H28ClN9O10. The number of halogens is 1. The van der Waals surface area contributed by atoms with Crippen LogP contribution in [0.5, 0.6) is 0 Å². The molecule has 19 nitrogen and oxygen atoms in total. The standard InChI is InChI=1S/C60H28ClN9O10/c61-44-15-5-4-10-37(44)50-64-66-59(80-50)69-52(72)36-21-17-30(25-43(36)56(69)76)33-11-6-13-38-47(33)57(77)68(53(38)73)32-19-23-46-41(27-32)40-26-31(18-22-45(40)62-46)67-51(71)35-20-16-29(24-42(35)55(67)75)34-12-7-14-39-48(34)58(78)70(54(39)74)60-65-63-49(79-60)28-8-2-1-3-9-28/h1-27,62H. The zero-order chi connectivity index (χ0) is 54.4. The number of imide groups is 4. The quantitative estimate of drug-likeness (QED) is 0.139. The van der Waals surface area contributed by atoms with Crippen LogP contribution in [0, 0.1) is 0 Å². The molecule has 20 heteroatoms. The van der Waals surface area contributed by atoms with Gasteiger partial charge in [-0.25, -0.2) is 9.80 Å². The summed E-state index contributed by atoms with van der Waals surface area (Å²) in [6.45, 7) is 0. The molecule has 0 saturated carbocycles. The van der Waals surface area contributed by atoms with E-state index in [1.54, 1.807) is 121 Å². The Morgan fingerprint density at radius 3 is 1.38 bits per heavy atom. The molecule has 0 bridgehead atoms. The SMILES string of the molecule is O=C1c2ccc(-c3cccc4c3C(=O)N(c3nnc(-c5ccccc5)o3)C4=O)cc2C(=O)N1c1ccc2[nH]c3ccc(N4C(=O)c5cccc(-c6ccc7c(c6)C(=O)N(c6nnc(-c8ccccc8Cl)o6)C7=O)c5C4=O)cc3c2c1. The zero-order valence-corrected chi connectivity index (χ0v) is 41.4. The number of fused-ring (bicyclic) bond motifs is 7. The van der Waals surface area contributed by atoms with Gasteiger partial charge >= 0.3 is 12.0 Å². The molecule has 0 saturated heterocycles. The van der Waals surface area contributed by atoms with E-state index in [-0.39, 0.29) is 79.7 Å². The van der Waals surface area contributed by atoms with Crippen LogP contribution in [0.1, 0.15) is 82.9 Å². The molecule has 0 aliphatic carbocycles. The van der Waals surface area contributed by atoms with Crippen LogP contribution in [0.2, 0.25) is 5.02 Å². The maximum atomic E-state index is 14.6. The van der Waals surface area contributed by atoms with E-state index in [1.807, 2.05) is 6.07 Å². The first-order chi connectivity index (χ1) is 38.9. The van der Waals surface area contributed by atoms with Gasteiger partial charge in [-0.3, -0.25) is 38.4 Å². The van der Waals surface area contributed by atoms with Gasteiger partial charge in [0.1, 0.15) is 0 Å². The lowest BCUT2D eigenvalue weighted by atomic mass is 9.94. The molecule has 0 fully saturated rings. The number of nitrogens with zero attached hydrogens (tertiary/aromatic N) is 8. The number of hydrogen-bond acceptors (Lipinski definition) is 14. The molecule has 4 aliphatic rings. The summed E-state index contributed by atoms with van der Waals surface area (Å²) in [4.78, 5) is 120. The largest absolute Gasteiger partial charge is 0.403 e. The number of benzene rings is 8. The maximum Gasteiger partial charge on any atom is 0.332 e. The van der Waals surface area contributed by atoms with Crippen LogP contribution < -0.4 is 19.6 Å². The number of amides is 8. The molecule has 3 aromatic heterocycles. The second kappa shape index (κ2) is 16.8. The number of nitrogens with one attached hydrogen (secondary N) is 1. The third kappa shape index (κ3) is 6.54. The molecule has 1 N–H and O–H groups in total. The number of aromatic amines is 1. The van der Waals surface area contributed by atoms with Crippen LogP contribution in [0.3, 0.4) is 0 Å². The highest BCUT2D eigenvalue weighted by molar-refractivity contribution is 6.39. The minimum absolute atomic E-state index is 0.00593. The van der Waals surface area contributed by atoms with E-state index in [0.29, 0.717) is 60.2 Å². The molecule has 380 valence electrons. The number of carbonyl (C=O) groups excluding carboxylic acids is 8. The summed E-state index contributed by atoms with van der Waals surface area (Å²) in [6, 6.07) is 43.7. The molecule has 0 radical (unpaired) electrons. The Balaban J connectivity index is 0.710. The fraction of sp³-hybridized carbons (Fsp3) is 0. The van der Waals surface area contributed by atoms with Crippen molar-refractivity contribution in [3.8, 4) is 45.2 Å². The summed E-state index contributed by atoms with van der Waals surface area (Å²) < 4.78 is 11.5. The lowest BCUT2D eigenvalue weighted by Crippen LogP contribution is -2.29. The van der Waals surface area contributed by atoms with Gasteiger partial charge in [0, 0.05) is 27.4 Å². The minimum atomic E-state index is -0.733. The third-order valence-electron chi connectivity index (χ3n) is 14.6. The Labute approximate surface area is 452 Å². The molecule has 8 amide bonds. The second-order valence-corrected chi connectivity index (χ2v) is 19.4. The first-order valence-electron chi connectivity index (χ1n) is 24.5. The Hall–Kier alpha value is -11.3. The average Bonchev–Trinajstić information content (AvgIpc) is 4.47. The van der Waals surface area contributed by atoms with Crippen molar-refractivity contribution in [1.82, 2.24) is 25.4 Å².